The first-order chi connectivity index (χ1) is 11.0. The quantitative estimate of drug-likeness (QED) is 0.938. The molecule has 0 saturated heterocycles. The third-order valence-corrected chi connectivity index (χ3v) is 5.41. The highest BCUT2D eigenvalue weighted by atomic mass is 32.1. The lowest BCUT2D eigenvalue weighted by atomic mass is 9.95. The number of nitrogens with zero attached hydrogens (tertiary/aromatic N) is 2. The molecule has 0 saturated carbocycles. The zero-order chi connectivity index (χ0) is 16.4. The van der Waals surface area contributed by atoms with E-state index >= 15 is 0 Å². The first-order valence-corrected chi connectivity index (χ1v) is 8.92. The van der Waals surface area contributed by atoms with Gasteiger partial charge in [0.05, 0.1) is 23.3 Å². The van der Waals surface area contributed by atoms with Gasteiger partial charge in [-0.3, -0.25) is 4.79 Å². The van der Waals surface area contributed by atoms with Gasteiger partial charge in [-0.25, -0.2) is 4.98 Å². The van der Waals surface area contributed by atoms with Gasteiger partial charge in [-0.2, -0.15) is 0 Å². The van der Waals surface area contributed by atoms with Gasteiger partial charge in [0.25, 0.3) is 0 Å². The first-order valence-electron chi connectivity index (χ1n) is 8.04. The Morgan fingerprint density at radius 2 is 2.13 bits per heavy atom. The van der Waals surface area contributed by atoms with Crippen molar-refractivity contribution in [2.45, 2.75) is 45.3 Å². The van der Waals surface area contributed by atoms with Gasteiger partial charge in [0.15, 0.2) is 0 Å². The van der Waals surface area contributed by atoms with Crippen LogP contribution >= 0.6 is 11.3 Å². The number of hydrogen-bond acceptors (Lipinski definition) is 4. The molecule has 1 aromatic carbocycles. The van der Waals surface area contributed by atoms with Gasteiger partial charge in [0.2, 0.25) is 5.91 Å². The summed E-state index contributed by atoms with van der Waals surface area (Å²) in [5.74, 6) is 0.574. The maximum atomic E-state index is 12.7. The van der Waals surface area contributed by atoms with E-state index in [0.29, 0.717) is 12.5 Å². The average Bonchev–Trinajstić information content (AvgIpc) is 3.02. The fourth-order valence-electron chi connectivity index (χ4n) is 2.88. The molecule has 1 aliphatic rings. The number of benzene rings is 1. The Labute approximate surface area is 141 Å². The second-order valence-corrected chi connectivity index (χ2v) is 7.32. The van der Waals surface area contributed by atoms with E-state index in [1.54, 1.807) is 16.2 Å². The van der Waals surface area contributed by atoms with Crippen LogP contribution in [-0.4, -0.2) is 28.9 Å². The van der Waals surface area contributed by atoms with E-state index in [1.807, 2.05) is 19.2 Å². The van der Waals surface area contributed by atoms with Crippen LogP contribution in [0.2, 0.25) is 0 Å². The van der Waals surface area contributed by atoms with Crippen LogP contribution in [0.1, 0.15) is 41.6 Å². The zero-order valence-corrected chi connectivity index (χ0v) is 14.7. The van der Waals surface area contributed by atoms with E-state index in [4.69, 9.17) is 0 Å². The lowest BCUT2D eigenvalue weighted by molar-refractivity contribution is -0.132. The SMILES string of the molecule is CC(C)c1nc(CN(C)C(=O)[C@H]2Cc3ccccc3CN2)cs1. The molecule has 0 bridgehead atoms. The number of thiazole rings is 1. The van der Waals surface area contributed by atoms with Crippen LogP contribution in [-0.2, 0) is 24.3 Å². The highest BCUT2D eigenvalue weighted by Crippen LogP contribution is 2.21. The number of rotatable bonds is 4. The Hall–Kier alpha value is -1.72. The van der Waals surface area contributed by atoms with Crippen LogP contribution in [0.5, 0.6) is 0 Å². The van der Waals surface area contributed by atoms with E-state index in [9.17, 15) is 4.79 Å². The van der Waals surface area contributed by atoms with Gasteiger partial charge >= 0.3 is 0 Å². The Bertz CT molecular complexity index is 695. The van der Waals surface area contributed by atoms with Crippen LogP contribution < -0.4 is 5.32 Å². The molecule has 1 N–H and O–H groups in total. The summed E-state index contributed by atoms with van der Waals surface area (Å²) in [6, 6.07) is 8.18. The van der Waals surface area contributed by atoms with Crippen molar-refractivity contribution in [3.63, 3.8) is 0 Å². The summed E-state index contributed by atoms with van der Waals surface area (Å²) < 4.78 is 0. The van der Waals surface area contributed by atoms with Gasteiger partial charge in [-0.05, 0) is 17.5 Å². The predicted molar refractivity (Wildman–Crippen MR) is 93.5 cm³/mol. The average molecular weight is 329 g/mol. The number of nitrogens with one attached hydrogen (secondary N) is 1. The third kappa shape index (κ3) is 3.62. The van der Waals surface area contributed by atoms with Crippen LogP contribution in [0.3, 0.4) is 0 Å². The van der Waals surface area contributed by atoms with Crippen molar-refractivity contribution in [1.82, 2.24) is 15.2 Å². The van der Waals surface area contributed by atoms with Gasteiger partial charge < -0.3 is 10.2 Å². The van der Waals surface area contributed by atoms with Crippen LogP contribution in [0, 0.1) is 0 Å². The lowest BCUT2D eigenvalue weighted by Gasteiger charge is -2.28. The van der Waals surface area contributed by atoms with E-state index in [0.717, 1.165) is 23.7 Å². The molecule has 5 heteroatoms. The lowest BCUT2D eigenvalue weighted by Crippen LogP contribution is -2.48. The second-order valence-electron chi connectivity index (χ2n) is 6.43. The molecule has 1 atom stereocenters. The van der Waals surface area contributed by atoms with Crippen LogP contribution in [0.4, 0.5) is 0 Å². The number of hydrogen-bond donors (Lipinski definition) is 1. The molecule has 4 nitrogen and oxygen atoms in total. The topological polar surface area (TPSA) is 45.2 Å². The summed E-state index contributed by atoms with van der Waals surface area (Å²) in [5.41, 5.74) is 3.54. The molecule has 1 aromatic heterocycles. The van der Waals surface area contributed by atoms with Crippen LogP contribution in [0.15, 0.2) is 29.6 Å². The number of carbonyl (C=O) groups is 1. The minimum absolute atomic E-state index is 0.138. The summed E-state index contributed by atoms with van der Waals surface area (Å²) >= 11 is 1.67. The van der Waals surface area contributed by atoms with Crippen molar-refractivity contribution in [3.05, 3.63) is 51.5 Å². The first kappa shape index (κ1) is 16.1. The van der Waals surface area contributed by atoms with Crippen molar-refractivity contribution in [1.29, 1.82) is 0 Å². The van der Waals surface area contributed by atoms with Gasteiger partial charge in [0, 0.05) is 24.9 Å². The van der Waals surface area contributed by atoms with Crippen molar-refractivity contribution in [2.75, 3.05) is 7.05 Å². The smallest absolute Gasteiger partial charge is 0.240 e. The molecule has 0 fully saturated rings. The second kappa shape index (κ2) is 6.81. The largest absolute Gasteiger partial charge is 0.338 e. The Kier molecular flexibility index (Phi) is 4.78. The van der Waals surface area contributed by atoms with E-state index in [-0.39, 0.29) is 11.9 Å². The summed E-state index contributed by atoms with van der Waals surface area (Å²) in [6.45, 7) is 5.61. The molecule has 2 heterocycles. The molecule has 2 aromatic rings. The number of fused-ring (bicyclic) bond motifs is 1. The number of amides is 1. The number of likely N-dealkylation sites (N-methyl/N-ethyl adjacent to an activating group) is 1. The van der Waals surface area contributed by atoms with Crippen molar-refractivity contribution in [3.8, 4) is 0 Å². The van der Waals surface area contributed by atoms with Crippen molar-refractivity contribution in [2.24, 2.45) is 0 Å². The number of carbonyl (C=O) groups excluding carboxylic acids is 1. The van der Waals surface area contributed by atoms with Crippen molar-refractivity contribution < 1.29 is 4.79 Å². The summed E-state index contributed by atoms with van der Waals surface area (Å²) in [7, 11) is 1.86. The molecular formula is C18H23N3OS. The van der Waals surface area contributed by atoms with E-state index in [2.05, 4.69) is 41.7 Å². The minimum atomic E-state index is -0.141. The predicted octanol–water partition coefficient (Wildman–Crippen LogP) is 2.94. The summed E-state index contributed by atoms with van der Waals surface area (Å²) in [5, 5.41) is 6.54. The molecule has 1 aliphatic heterocycles. The molecule has 0 radical (unpaired) electrons. The molecule has 0 unspecified atom stereocenters. The molecule has 3 rings (SSSR count). The monoisotopic (exact) mass is 329 g/mol. The molecule has 0 aliphatic carbocycles. The molecule has 0 spiro atoms. The standard InChI is InChI=1S/C18H23N3OS/c1-12(2)17-20-15(11-23-17)10-21(3)18(22)16-8-13-6-4-5-7-14(13)9-19-16/h4-7,11-12,16,19H,8-10H2,1-3H3/t16-/m1/s1. The highest BCUT2D eigenvalue weighted by Gasteiger charge is 2.26. The van der Waals surface area contributed by atoms with Gasteiger partial charge in [0.1, 0.15) is 0 Å². The minimum Gasteiger partial charge on any atom is -0.338 e. The molecule has 1 amide bonds. The van der Waals surface area contributed by atoms with Crippen molar-refractivity contribution >= 4 is 17.2 Å². The highest BCUT2D eigenvalue weighted by molar-refractivity contribution is 7.09. The van der Waals surface area contributed by atoms with E-state index in [1.165, 1.54) is 11.1 Å². The summed E-state index contributed by atoms with van der Waals surface area (Å²) in [4.78, 5) is 19.1. The fraction of sp³-hybridized carbons (Fsp3) is 0.444. The Morgan fingerprint density at radius 3 is 2.83 bits per heavy atom. The maximum absolute atomic E-state index is 12.7. The Balaban J connectivity index is 1.63. The summed E-state index contributed by atoms with van der Waals surface area (Å²) in [6.07, 6.45) is 0.758. The zero-order valence-electron chi connectivity index (χ0n) is 13.9. The molecule has 122 valence electrons. The van der Waals surface area contributed by atoms with Gasteiger partial charge in [-0.1, -0.05) is 38.1 Å². The van der Waals surface area contributed by atoms with Crippen LogP contribution in [0.25, 0.3) is 0 Å². The maximum Gasteiger partial charge on any atom is 0.240 e. The van der Waals surface area contributed by atoms with E-state index < -0.39 is 0 Å². The molecular weight excluding hydrogens is 306 g/mol. The normalized spacial score (nSPS) is 17.1. The fourth-order valence-corrected chi connectivity index (χ4v) is 3.70. The Morgan fingerprint density at radius 1 is 1.39 bits per heavy atom. The van der Waals surface area contributed by atoms with Gasteiger partial charge in [-0.15, -0.1) is 11.3 Å². The number of aromatic nitrogens is 1. The third-order valence-electron chi connectivity index (χ3n) is 4.22. The molecule has 23 heavy (non-hydrogen) atoms.